The second kappa shape index (κ2) is 6.81. The highest BCUT2D eigenvalue weighted by atomic mass is 32.2. The first-order chi connectivity index (χ1) is 9.74. The van der Waals surface area contributed by atoms with Gasteiger partial charge in [0.05, 0.1) is 12.7 Å². The number of pyridine rings is 1. The van der Waals surface area contributed by atoms with Crippen molar-refractivity contribution in [1.29, 1.82) is 0 Å². The highest BCUT2D eigenvalue weighted by Gasteiger charge is 2.09. The molecule has 5 nitrogen and oxygen atoms in total. The van der Waals surface area contributed by atoms with Crippen LogP contribution in [-0.4, -0.2) is 23.1 Å². The van der Waals surface area contributed by atoms with Gasteiger partial charge in [-0.2, -0.15) is 0 Å². The molecular formula is C14H15N3O2S. The molecule has 0 atom stereocenters. The molecule has 1 heterocycles. The molecule has 2 rings (SSSR count). The van der Waals surface area contributed by atoms with Gasteiger partial charge in [0.2, 0.25) is 0 Å². The quantitative estimate of drug-likeness (QED) is 0.290. The largest absolute Gasteiger partial charge is 0.496 e. The van der Waals surface area contributed by atoms with E-state index in [-0.39, 0.29) is 5.84 Å². The van der Waals surface area contributed by atoms with Crippen LogP contribution >= 0.6 is 11.8 Å². The van der Waals surface area contributed by atoms with E-state index in [2.05, 4.69) is 10.1 Å². The third-order valence-corrected chi connectivity index (χ3v) is 3.79. The van der Waals surface area contributed by atoms with E-state index in [4.69, 9.17) is 15.7 Å². The van der Waals surface area contributed by atoms with Gasteiger partial charge in [0.15, 0.2) is 5.84 Å². The number of nitrogens with two attached hydrogens (primary N) is 1. The van der Waals surface area contributed by atoms with E-state index in [1.807, 2.05) is 30.3 Å². The molecule has 3 N–H and O–H groups in total. The number of ether oxygens (including phenoxy) is 1. The molecule has 20 heavy (non-hydrogen) atoms. The summed E-state index contributed by atoms with van der Waals surface area (Å²) in [5.41, 5.74) is 7.30. The molecule has 1 aromatic carbocycles. The summed E-state index contributed by atoms with van der Waals surface area (Å²) >= 11 is 1.69. The van der Waals surface area contributed by atoms with E-state index in [1.165, 1.54) is 0 Å². The van der Waals surface area contributed by atoms with Gasteiger partial charge in [-0.05, 0) is 29.8 Å². The van der Waals surface area contributed by atoms with Crippen molar-refractivity contribution in [2.24, 2.45) is 10.9 Å². The molecule has 0 spiro atoms. The van der Waals surface area contributed by atoms with E-state index < -0.39 is 0 Å². The summed E-state index contributed by atoms with van der Waals surface area (Å²) in [5, 5.41) is 11.8. The predicted molar refractivity (Wildman–Crippen MR) is 79.3 cm³/mol. The van der Waals surface area contributed by atoms with Gasteiger partial charge in [-0.1, -0.05) is 11.2 Å². The Labute approximate surface area is 121 Å². The zero-order valence-corrected chi connectivity index (χ0v) is 11.8. The first kappa shape index (κ1) is 14.2. The Hall–Kier alpha value is -2.21. The minimum atomic E-state index is 0.0395. The van der Waals surface area contributed by atoms with E-state index in [9.17, 15) is 0 Å². The van der Waals surface area contributed by atoms with Crippen molar-refractivity contribution in [3.05, 3.63) is 53.9 Å². The fourth-order valence-corrected chi connectivity index (χ4v) is 2.53. The van der Waals surface area contributed by atoms with Crippen molar-refractivity contribution in [2.75, 3.05) is 7.11 Å². The SMILES string of the molecule is COc1ccc(CSc2ccncc2)cc1/C(N)=N/O. The van der Waals surface area contributed by atoms with Crippen LogP contribution in [0.2, 0.25) is 0 Å². The smallest absolute Gasteiger partial charge is 0.173 e. The Morgan fingerprint density at radius 2 is 2.10 bits per heavy atom. The predicted octanol–water partition coefficient (Wildman–Crippen LogP) is 2.48. The molecule has 0 radical (unpaired) electrons. The fourth-order valence-electron chi connectivity index (χ4n) is 1.70. The number of thioether (sulfide) groups is 1. The molecule has 2 aromatic rings. The average molecular weight is 289 g/mol. The van der Waals surface area contributed by atoms with Gasteiger partial charge in [-0.15, -0.1) is 11.8 Å². The zero-order valence-electron chi connectivity index (χ0n) is 11.0. The van der Waals surface area contributed by atoms with Crippen molar-refractivity contribution in [1.82, 2.24) is 4.98 Å². The number of amidine groups is 1. The van der Waals surface area contributed by atoms with Gasteiger partial charge in [-0.3, -0.25) is 4.98 Å². The second-order valence-corrected chi connectivity index (χ2v) is 5.04. The van der Waals surface area contributed by atoms with Crippen LogP contribution in [0.5, 0.6) is 5.75 Å². The Kier molecular flexibility index (Phi) is 4.84. The number of aromatic nitrogens is 1. The van der Waals surface area contributed by atoms with E-state index >= 15 is 0 Å². The van der Waals surface area contributed by atoms with Crippen molar-refractivity contribution >= 4 is 17.6 Å². The minimum absolute atomic E-state index is 0.0395. The van der Waals surface area contributed by atoms with Crippen molar-refractivity contribution < 1.29 is 9.94 Å². The number of nitrogens with zero attached hydrogens (tertiary/aromatic N) is 2. The number of rotatable bonds is 5. The first-order valence-corrected chi connectivity index (χ1v) is 6.91. The van der Waals surface area contributed by atoms with E-state index in [0.29, 0.717) is 11.3 Å². The number of benzene rings is 1. The Morgan fingerprint density at radius 1 is 1.35 bits per heavy atom. The van der Waals surface area contributed by atoms with Crippen LogP contribution in [0.15, 0.2) is 52.8 Å². The summed E-state index contributed by atoms with van der Waals surface area (Å²) in [7, 11) is 1.55. The highest BCUT2D eigenvalue weighted by molar-refractivity contribution is 7.98. The summed E-state index contributed by atoms with van der Waals surface area (Å²) < 4.78 is 5.20. The minimum Gasteiger partial charge on any atom is -0.496 e. The molecule has 6 heteroatoms. The lowest BCUT2D eigenvalue weighted by atomic mass is 10.1. The van der Waals surface area contributed by atoms with Crippen LogP contribution in [0.25, 0.3) is 0 Å². The summed E-state index contributed by atoms with van der Waals surface area (Å²) in [6.07, 6.45) is 3.52. The lowest BCUT2D eigenvalue weighted by Gasteiger charge is -2.09. The standard InChI is InChI=1S/C14H15N3O2S/c1-19-13-3-2-10(8-12(13)14(15)17-18)9-20-11-4-6-16-7-5-11/h2-8,18H,9H2,1H3,(H2,15,17). The maximum absolute atomic E-state index is 8.80. The summed E-state index contributed by atoms with van der Waals surface area (Å²) in [5.74, 6) is 1.40. The molecule has 104 valence electrons. The third kappa shape index (κ3) is 3.42. The van der Waals surface area contributed by atoms with Gasteiger partial charge in [0.25, 0.3) is 0 Å². The molecule has 0 amide bonds. The van der Waals surface area contributed by atoms with Crippen molar-refractivity contribution in [3.8, 4) is 5.75 Å². The van der Waals surface area contributed by atoms with E-state index in [0.717, 1.165) is 16.2 Å². The lowest BCUT2D eigenvalue weighted by molar-refractivity contribution is 0.318. The molecule has 0 saturated heterocycles. The highest BCUT2D eigenvalue weighted by Crippen LogP contribution is 2.25. The van der Waals surface area contributed by atoms with Crippen LogP contribution in [0.4, 0.5) is 0 Å². The van der Waals surface area contributed by atoms with Crippen LogP contribution in [0.3, 0.4) is 0 Å². The second-order valence-electron chi connectivity index (χ2n) is 3.99. The van der Waals surface area contributed by atoms with Gasteiger partial charge in [0.1, 0.15) is 5.75 Å². The van der Waals surface area contributed by atoms with Crippen LogP contribution < -0.4 is 10.5 Å². The number of oxime groups is 1. The van der Waals surface area contributed by atoms with Crippen LogP contribution in [-0.2, 0) is 5.75 Å². The summed E-state index contributed by atoms with van der Waals surface area (Å²) in [4.78, 5) is 5.12. The van der Waals surface area contributed by atoms with Crippen LogP contribution in [0, 0.1) is 0 Å². The molecule has 0 saturated carbocycles. The van der Waals surface area contributed by atoms with Crippen molar-refractivity contribution in [2.45, 2.75) is 10.6 Å². The summed E-state index contributed by atoms with van der Waals surface area (Å²) in [6.45, 7) is 0. The Bertz CT molecular complexity index is 603. The molecule has 0 aliphatic rings. The number of hydrogen-bond donors (Lipinski definition) is 2. The fraction of sp³-hybridized carbons (Fsp3) is 0.143. The van der Waals surface area contributed by atoms with Gasteiger partial charge in [-0.25, -0.2) is 0 Å². The first-order valence-electron chi connectivity index (χ1n) is 5.92. The molecule has 0 fully saturated rings. The Balaban J connectivity index is 2.17. The van der Waals surface area contributed by atoms with Gasteiger partial charge >= 0.3 is 0 Å². The lowest BCUT2D eigenvalue weighted by Crippen LogP contribution is -2.14. The molecule has 0 bridgehead atoms. The molecule has 0 aliphatic carbocycles. The maximum Gasteiger partial charge on any atom is 0.173 e. The molecule has 1 aromatic heterocycles. The van der Waals surface area contributed by atoms with Gasteiger partial charge < -0.3 is 15.7 Å². The normalized spacial score (nSPS) is 11.3. The van der Waals surface area contributed by atoms with E-state index in [1.54, 1.807) is 31.3 Å². The zero-order chi connectivity index (χ0) is 14.4. The van der Waals surface area contributed by atoms with Crippen molar-refractivity contribution in [3.63, 3.8) is 0 Å². The molecule has 0 aliphatic heterocycles. The third-order valence-electron chi connectivity index (χ3n) is 2.70. The molecular weight excluding hydrogens is 274 g/mol. The summed E-state index contributed by atoms with van der Waals surface area (Å²) in [6, 6.07) is 9.55. The average Bonchev–Trinajstić information content (AvgIpc) is 2.52. The topological polar surface area (TPSA) is 80.7 Å². The number of hydrogen-bond acceptors (Lipinski definition) is 5. The Morgan fingerprint density at radius 3 is 2.75 bits per heavy atom. The van der Waals surface area contributed by atoms with Crippen LogP contribution in [0.1, 0.15) is 11.1 Å². The maximum atomic E-state index is 8.80. The monoisotopic (exact) mass is 289 g/mol. The molecule has 0 unspecified atom stereocenters. The van der Waals surface area contributed by atoms with Gasteiger partial charge in [0, 0.05) is 23.0 Å². The number of methoxy groups -OCH3 is 1.